The molecule has 1 aliphatic rings. The molecule has 0 saturated heterocycles. The Kier molecular flexibility index (Phi) is 4.13. The van der Waals surface area contributed by atoms with Crippen LogP contribution in [0.2, 0.25) is 0 Å². The number of aliphatic hydroxyl groups excluding tert-OH is 1. The minimum atomic E-state index is -1.51. The molecule has 1 aliphatic carbocycles. The third kappa shape index (κ3) is 2.29. The van der Waals surface area contributed by atoms with Gasteiger partial charge in [0.25, 0.3) is 0 Å². The average Bonchev–Trinajstić information content (AvgIpc) is 2.22. The Bertz CT molecular complexity index is 330. The van der Waals surface area contributed by atoms with Crippen molar-refractivity contribution in [2.45, 2.75) is 18.6 Å². The van der Waals surface area contributed by atoms with E-state index in [0.29, 0.717) is 0 Å². The number of carbonyl (C=O) groups is 3. The van der Waals surface area contributed by atoms with Crippen LogP contribution in [0.5, 0.6) is 0 Å². The predicted octanol–water partition coefficient (Wildman–Crippen LogP) is -1.23. The molecule has 1 rings (SSSR count). The van der Waals surface area contributed by atoms with Crippen molar-refractivity contribution in [3.05, 3.63) is 0 Å². The van der Waals surface area contributed by atoms with Gasteiger partial charge in [-0.2, -0.15) is 0 Å². The summed E-state index contributed by atoms with van der Waals surface area (Å²) in [7, 11) is 4.99. The second-order valence-electron chi connectivity index (χ2n) is 3.91. The van der Waals surface area contributed by atoms with E-state index in [2.05, 4.69) is 4.52 Å². The Labute approximate surface area is 95.2 Å². The van der Waals surface area contributed by atoms with Gasteiger partial charge in [0.05, 0.1) is 15.5 Å². The quantitative estimate of drug-likeness (QED) is 0.486. The fraction of sp³-hybridized carbons (Fsp3) is 0.667. The second kappa shape index (κ2) is 4.99. The minimum Gasteiger partial charge on any atom is -0.451 e. The predicted molar refractivity (Wildman–Crippen MR) is 57.4 cm³/mol. The zero-order chi connectivity index (χ0) is 12.5. The molecular weight excluding hydrogens is 233 g/mol. The van der Waals surface area contributed by atoms with E-state index in [-0.39, 0.29) is 6.42 Å². The van der Waals surface area contributed by atoms with Gasteiger partial charge in [0.2, 0.25) is 0 Å². The lowest BCUT2D eigenvalue weighted by molar-refractivity contribution is -0.156. The van der Waals surface area contributed by atoms with Gasteiger partial charge in [-0.15, -0.1) is 0 Å². The molecule has 0 radical (unpaired) electrons. The summed E-state index contributed by atoms with van der Waals surface area (Å²) in [6.07, 6.45) is -1.27. The molecule has 1 fully saturated rings. The lowest BCUT2D eigenvalue weighted by atomic mass is 9.81. The number of aliphatic hydroxyl groups is 1. The van der Waals surface area contributed by atoms with Crippen molar-refractivity contribution in [2.24, 2.45) is 5.92 Å². The highest BCUT2D eigenvalue weighted by Crippen LogP contribution is 2.23. The molecule has 1 N–H and O–H groups in total. The van der Waals surface area contributed by atoms with Crippen molar-refractivity contribution >= 4 is 27.0 Å². The second-order valence-corrected chi connectivity index (χ2v) is 4.14. The molecule has 0 heterocycles. The van der Waals surface area contributed by atoms with E-state index in [1.54, 1.807) is 28.5 Å². The fourth-order valence-corrected chi connectivity index (χ4v) is 1.87. The van der Waals surface area contributed by atoms with Gasteiger partial charge in [-0.3, -0.25) is 19.3 Å². The molecule has 0 spiro atoms. The van der Waals surface area contributed by atoms with Gasteiger partial charge in [0, 0.05) is 6.42 Å². The SMILES string of the molecule is CN(C)C1C[C@@H](O)C(=O)C(C(=O)OP)C1=O. The van der Waals surface area contributed by atoms with E-state index in [9.17, 15) is 19.5 Å². The van der Waals surface area contributed by atoms with Crippen LogP contribution in [-0.2, 0) is 18.9 Å². The van der Waals surface area contributed by atoms with Gasteiger partial charge in [-0.25, -0.2) is 0 Å². The van der Waals surface area contributed by atoms with E-state index in [0.717, 1.165) is 0 Å². The van der Waals surface area contributed by atoms with Crippen LogP contribution in [-0.4, -0.2) is 53.8 Å². The van der Waals surface area contributed by atoms with Gasteiger partial charge >= 0.3 is 5.97 Å². The van der Waals surface area contributed by atoms with Crippen LogP contribution in [0.15, 0.2) is 0 Å². The highest BCUT2D eigenvalue weighted by Gasteiger charge is 2.47. The zero-order valence-corrected chi connectivity index (χ0v) is 10.2. The molecule has 0 aliphatic heterocycles. The summed E-state index contributed by atoms with van der Waals surface area (Å²) >= 11 is 0. The van der Waals surface area contributed by atoms with Crippen molar-refractivity contribution < 1.29 is 24.0 Å². The van der Waals surface area contributed by atoms with Crippen LogP contribution in [0.1, 0.15) is 6.42 Å². The lowest BCUT2D eigenvalue weighted by Crippen LogP contribution is -2.54. The minimum absolute atomic E-state index is 0.0192. The molecular formula is C9H14NO5P. The number of hydrogen-bond donors (Lipinski definition) is 1. The number of rotatable bonds is 2. The first-order valence-corrected chi connectivity index (χ1v) is 5.19. The summed E-state index contributed by atoms with van der Waals surface area (Å²) in [6, 6.07) is -0.637. The molecule has 4 atom stereocenters. The van der Waals surface area contributed by atoms with Crippen molar-refractivity contribution in [3.8, 4) is 0 Å². The van der Waals surface area contributed by atoms with Crippen LogP contribution < -0.4 is 0 Å². The van der Waals surface area contributed by atoms with E-state index in [4.69, 9.17) is 0 Å². The van der Waals surface area contributed by atoms with Crippen molar-refractivity contribution in [3.63, 3.8) is 0 Å². The number of ketones is 2. The largest absolute Gasteiger partial charge is 0.451 e. The van der Waals surface area contributed by atoms with E-state index < -0.39 is 35.6 Å². The summed E-state index contributed by atoms with van der Waals surface area (Å²) in [5, 5.41) is 9.49. The molecule has 0 aromatic heterocycles. The maximum absolute atomic E-state index is 11.8. The third-order valence-corrected chi connectivity index (χ3v) is 2.88. The Hall–Kier alpha value is -0.840. The third-order valence-electron chi connectivity index (χ3n) is 2.65. The molecule has 0 amide bonds. The molecule has 3 unspecified atom stereocenters. The highest BCUT2D eigenvalue weighted by atomic mass is 31.0. The van der Waals surface area contributed by atoms with E-state index in [1.807, 2.05) is 0 Å². The highest BCUT2D eigenvalue weighted by molar-refractivity contribution is 7.10. The summed E-state index contributed by atoms with van der Waals surface area (Å²) < 4.78 is 4.31. The van der Waals surface area contributed by atoms with Crippen LogP contribution in [0.4, 0.5) is 0 Å². The molecule has 0 aromatic rings. The van der Waals surface area contributed by atoms with E-state index in [1.165, 1.54) is 0 Å². The first-order chi connectivity index (χ1) is 7.40. The molecule has 7 heteroatoms. The Morgan fingerprint density at radius 3 is 2.44 bits per heavy atom. The van der Waals surface area contributed by atoms with Crippen molar-refractivity contribution in [1.82, 2.24) is 4.90 Å². The first kappa shape index (κ1) is 13.2. The number of nitrogens with zero attached hydrogens (tertiary/aromatic N) is 1. The van der Waals surface area contributed by atoms with Crippen LogP contribution in [0.25, 0.3) is 0 Å². The maximum atomic E-state index is 11.8. The van der Waals surface area contributed by atoms with Gasteiger partial charge in [-0.1, -0.05) is 0 Å². The fourth-order valence-electron chi connectivity index (χ4n) is 1.73. The van der Waals surface area contributed by atoms with Gasteiger partial charge in [0.1, 0.15) is 6.10 Å². The lowest BCUT2D eigenvalue weighted by Gasteiger charge is -2.32. The molecule has 0 bridgehead atoms. The molecule has 16 heavy (non-hydrogen) atoms. The van der Waals surface area contributed by atoms with Crippen LogP contribution in [0.3, 0.4) is 0 Å². The Morgan fingerprint density at radius 2 is 2.00 bits per heavy atom. The summed E-state index contributed by atoms with van der Waals surface area (Å²) in [6.45, 7) is 0. The van der Waals surface area contributed by atoms with Crippen LogP contribution >= 0.6 is 9.47 Å². The standard InChI is InChI=1S/C9H14NO5P/c1-10(2)4-3-5(11)8(13)6(7(4)12)9(14)15-16/h4-6,11H,3,16H2,1-2H3/t4?,5-,6?/m1/s1. The number of hydrogen-bond acceptors (Lipinski definition) is 6. The molecule has 1 saturated carbocycles. The topological polar surface area (TPSA) is 83.9 Å². The van der Waals surface area contributed by atoms with Crippen molar-refractivity contribution in [1.29, 1.82) is 0 Å². The zero-order valence-electron chi connectivity index (χ0n) is 9.04. The summed E-state index contributed by atoms with van der Waals surface area (Å²) in [5.41, 5.74) is 0. The number of Topliss-reactive ketones (excluding diaryl/α,β-unsaturated/α-hetero) is 2. The average molecular weight is 247 g/mol. The molecule has 90 valence electrons. The molecule has 6 nitrogen and oxygen atoms in total. The number of carbonyl (C=O) groups excluding carboxylic acids is 3. The Morgan fingerprint density at radius 1 is 1.44 bits per heavy atom. The van der Waals surface area contributed by atoms with Crippen molar-refractivity contribution in [2.75, 3.05) is 14.1 Å². The van der Waals surface area contributed by atoms with Gasteiger partial charge < -0.3 is 9.63 Å². The Balaban J connectivity index is 3.00. The smallest absolute Gasteiger partial charge is 0.326 e. The first-order valence-electron chi connectivity index (χ1n) is 4.72. The monoisotopic (exact) mass is 247 g/mol. The summed E-state index contributed by atoms with van der Waals surface area (Å²) in [5.74, 6) is -3.75. The van der Waals surface area contributed by atoms with Gasteiger partial charge in [0.15, 0.2) is 17.5 Å². The maximum Gasteiger partial charge on any atom is 0.326 e. The number of likely N-dealkylation sites (N-methyl/N-ethyl adjacent to an activating group) is 1. The normalized spacial score (nSPS) is 30.7. The van der Waals surface area contributed by atoms with E-state index >= 15 is 0 Å². The van der Waals surface area contributed by atoms with Crippen LogP contribution in [0, 0.1) is 5.92 Å². The summed E-state index contributed by atoms with van der Waals surface area (Å²) in [4.78, 5) is 36.2. The molecule has 0 aromatic carbocycles. The van der Waals surface area contributed by atoms with Gasteiger partial charge in [-0.05, 0) is 14.1 Å².